The number of hydrogen-bond acceptors (Lipinski definition) is 8. The third-order valence-electron chi connectivity index (χ3n) is 6.21. The molecule has 0 unspecified atom stereocenters. The monoisotopic (exact) mass is 478 g/mol. The molecule has 1 N–H and O–H groups in total. The predicted octanol–water partition coefficient (Wildman–Crippen LogP) is 4.21. The second-order valence-electron chi connectivity index (χ2n) is 8.95. The normalized spacial score (nSPS) is 18.4. The van der Waals surface area contributed by atoms with Gasteiger partial charge in [-0.05, 0) is 26.0 Å². The van der Waals surface area contributed by atoms with Crippen LogP contribution in [-0.4, -0.2) is 70.0 Å². The molecule has 2 atom stereocenters. The van der Waals surface area contributed by atoms with Crippen molar-refractivity contribution in [2.75, 3.05) is 32.8 Å². The number of β-amino-alcohol motifs (C(OH)–C–C–N with tert-alkyl or cyclic N) is 1. The van der Waals surface area contributed by atoms with Crippen molar-refractivity contribution in [1.82, 2.24) is 19.9 Å². The summed E-state index contributed by atoms with van der Waals surface area (Å²) < 4.78 is 12.6. The Labute approximate surface area is 203 Å². The zero-order valence-corrected chi connectivity index (χ0v) is 20.4. The van der Waals surface area contributed by atoms with Crippen molar-refractivity contribution < 1.29 is 14.4 Å². The Bertz CT molecular complexity index is 1230. The molecule has 7 nitrogen and oxygen atoms in total. The quantitative estimate of drug-likeness (QED) is 0.407. The molecule has 2 aromatic heterocycles. The molecule has 1 saturated heterocycles. The number of fused-ring (bicyclic) bond motifs is 1. The summed E-state index contributed by atoms with van der Waals surface area (Å²) in [5.41, 5.74) is 2.93. The molecule has 5 rings (SSSR count). The molecule has 4 aromatic rings. The third-order valence-corrected chi connectivity index (χ3v) is 7.16. The lowest BCUT2D eigenvalue weighted by molar-refractivity contribution is 0.0192. The van der Waals surface area contributed by atoms with E-state index < -0.39 is 6.10 Å². The number of hydrogen-bond donors (Lipinski definition) is 1. The Hall–Kier alpha value is -2.78. The van der Waals surface area contributed by atoms with Crippen LogP contribution in [0, 0.1) is 6.92 Å². The maximum absolute atomic E-state index is 10.6. The minimum absolute atomic E-state index is 0.267. The molecule has 1 fully saturated rings. The Kier molecular flexibility index (Phi) is 6.92. The Morgan fingerprint density at radius 2 is 2.03 bits per heavy atom. The van der Waals surface area contributed by atoms with Gasteiger partial charge in [-0.3, -0.25) is 9.80 Å². The molecule has 0 spiro atoms. The highest BCUT2D eigenvalue weighted by Crippen LogP contribution is 2.26. The SMILES string of the molecule is Cc1nc2cc(OC[C@@H](O)CN3CCN(Cc4cc(-c5ccccc5)on4)C[C@H]3C)ccc2s1. The minimum Gasteiger partial charge on any atom is -0.491 e. The highest BCUT2D eigenvalue weighted by atomic mass is 32.1. The van der Waals surface area contributed by atoms with Gasteiger partial charge in [-0.25, -0.2) is 4.98 Å². The molecule has 0 aliphatic carbocycles. The van der Waals surface area contributed by atoms with E-state index in [9.17, 15) is 5.11 Å². The van der Waals surface area contributed by atoms with Crippen molar-refractivity contribution in [1.29, 1.82) is 0 Å². The molecule has 8 heteroatoms. The molecule has 178 valence electrons. The molecule has 0 radical (unpaired) electrons. The first kappa shape index (κ1) is 23.0. The maximum Gasteiger partial charge on any atom is 0.167 e. The van der Waals surface area contributed by atoms with Gasteiger partial charge in [0.2, 0.25) is 0 Å². The van der Waals surface area contributed by atoms with E-state index in [-0.39, 0.29) is 6.61 Å². The summed E-state index contributed by atoms with van der Waals surface area (Å²) >= 11 is 1.67. The lowest BCUT2D eigenvalue weighted by Gasteiger charge is -2.40. The first-order chi connectivity index (χ1) is 16.5. The summed E-state index contributed by atoms with van der Waals surface area (Å²) in [7, 11) is 0. The van der Waals surface area contributed by atoms with E-state index in [1.54, 1.807) is 11.3 Å². The van der Waals surface area contributed by atoms with Gasteiger partial charge in [-0.2, -0.15) is 0 Å². The van der Waals surface area contributed by atoms with Crippen LogP contribution in [0.2, 0.25) is 0 Å². The number of aliphatic hydroxyl groups excluding tert-OH is 1. The highest BCUT2D eigenvalue weighted by molar-refractivity contribution is 7.18. The number of piperazine rings is 1. The van der Waals surface area contributed by atoms with Crippen molar-refractivity contribution in [2.24, 2.45) is 0 Å². The van der Waals surface area contributed by atoms with Gasteiger partial charge in [0.15, 0.2) is 5.76 Å². The van der Waals surface area contributed by atoms with Crippen LogP contribution < -0.4 is 4.74 Å². The summed E-state index contributed by atoms with van der Waals surface area (Å²) in [6.07, 6.45) is -0.550. The van der Waals surface area contributed by atoms with Crippen LogP contribution in [-0.2, 0) is 6.54 Å². The molecular weight excluding hydrogens is 448 g/mol. The van der Waals surface area contributed by atoms with E-state index in [1.165, 1.54) is 0 Å². The second-order valence-corrected chi connectivity index (χ2v) is 10.2. The first-order valence-electron chi connectivity index (χ1n) is 11.7. The van der Waals surface area contributed by atoms with Gasteiger partial charge in [0.05, 0.1) is 20.9 Å². The van der Waals surface area contributed by atoms with E-state index >= 15 is 0 Å². The smallest absolute Gasteiger partial charge is 0.167 e. The molecule has 1 aliphatic rings. The lowest BCUT2D eigenvalue weighted by Crippen LogP contribution is -2.53. The summed E-state index contributed by atoms with van der Waals surface area (Å²) in [4.78, 5) is 9.23. The van der Waals surface area contributed by atoms with Gasteiger partial charge < -0.3 is 14.4 Å². The highest BCUT2D eigenvalue weighted by Gasteiger charge is 2.26. The van der Waals surface area contributed by atoms with Gasteiger partial charge in [-0.1, -0.05) is 35.5 Å². The molecular formula is C26H30N4O3S. The zero-order chi connectivity index (χ0) is 23.5. The number of aliphatic hydroxyl groups is 1. The van der Waals surface area contributed by atoms with Gasteiger partial charge in [-0.15, -0.1) is 11.3 Å². The average Bonchev–Trinajstić information content (AvgIpc) is 3.45. The third kappa shape index (κ3) is 5.47. The maximum atomic E-state index is 10.6. The largest absolute Gasteiger partial charge is 0.491 e. The zero-order valence-electron chi connectivity index (χ0n) is 19.6. The number of thiazole rings is 1. The molecule has 0 bridgehead atoms. The molecule has 0 saturated carbocycles. The fourth-order valence-electron chi connectivity index (χ4n) is 4.47. The molecule has 0 amide bonds. The number of ether oxygens (including phenoxy) is 1. The number of benzene rings is 2. The van der Waals surface area contributed by atoms with E-state index in [4.69, 9.17) is 9.26 Å². The second kappa shape index (κ2) is 10.2. The van der Waals surface area contributed by atoms with Crippen molar-refractivity contribution in [3.8, 4) is 17.1 Å². The van der Waals surface area contributed by atoms with Crippen molar-refractivity contribution >= 4 is 21.6 Å². The Morgan fingerprint density at radius 3 is 2.85 bits per heavy atom. The van der Waals surface area contributed by atoms with E-state index in [2.05, 4.69) is 26.9 Å². The fraction of sp³-hybridized carbons (Fsp3) is 0.385. The van der Waals surface area contributed by atoms with Crippen LogP contribution in [0.5, 0.6) is 5.75 Å². The summed E-state index contributed by atoms with van der Waals surface area (Å²) in [5.74, 6) is 1.55. The number of aromatic nitrogens is 2. The molecule has 2 aromatic carbocycles. The van der Waals surface area contributed by atoms with E-state index in [0.29, 0.717) is 12.6 Å². The predicted molar refractivity (Wildman–Crippen MR) is 134 cm³/mol. The van der Waals surface area contributed by atoms with Crippen molar-refractivity contribution in [3.05, 3.63) is 65.3 Å². The van der Waals surface area contributed by atoms with Crippen LogP contribution in [0.1, 0.15) is 17.6 Å². The number of nitrogens with zero attached hydrogens (tertiary/aromatic N) is 4. The first-order valence-corrected chi connectivity index (χ1v) is 12.5. The lowest BCUT2D eigenvalue weighted by atomic mass is 10.1. The van der Waals surface area contributed by atoms with E-state index in [1.807, 2.05) is 61.5 Å². The number of aryl methyl sites for hydroxylation is 1. The van der Waals surface area contributed by atoms with Gasteiger partial charge in [0.1, 0.15) is 18.5 Å². The van der Waals surface area contributed by atoms with Crippen molar-refractivity contribution in [3.63, 3.8) is 0 Å². The van der Waals surface area contributed by atoms with Gasteiger partial charge in [0.25, 0.3) is 0 Å². The molecule has 34 heavy (non-hydrogen) atoms. The standard InChI is InChI=1S/C26H30N4O3S/c1-18-14-29(15-21-12-25(33-28-21)20-6-4-3-5-7-20)10-11-30(18)16-22(31)17-32-23-8-9-26-24(13-23)27-19(2)34-26/h3-9,12-13,18,22,31H,10-11,14-17H2,1-2H3/t18-,22+/m1/s1. The topological polar surface area (TPSA) is 74.9 Å². The summed E-state index contributed by atoms with van der Waals surface area (Å²) in [6.45, 7) is 8.56. The summed E-state index contributed by atoms with van der Waals surface area (Å²) in [5, 5.41) is 15.9. The van der Waals surface area contributed by atoms with Crippen molar-refractivity contribution in [2.45, 2.75) is 32.5 Å². The fourth-order valence-corrected chi connectivity index (χ4v) is 5.27. The average molecular weight is 479 g/mol. The van der Waals surface area contributed by atoms with Gasteiger partial charge >= 0.3 is 0 Å². The van der Waals surface area contributed by atoms with Crippen LogP contribution in [0.25, 0.3) is 21.5 Å². The van der Waals surface area contributed by atoms with Crippen LogP contribution in [0.15, 0.2) is 59.1 Å². The minimum atomic E-state index is -0.550. The van der Waals surface area contributed by atoms with Crippen LogP contribution >= 0.6 is 11.3 Å². The van der Waals surface area contributed by atoms with E-state index in [0.717, 1.165) is 64.2 Å². The molecule has 1 aliphatic heterocycles. The summed E-state index contributed by atoms with van der Waals surface area (Å²) in [6, 6.07) is 18.3. The van der Waals surface area contributed by atoms with Crippen LogP contribution in [0.4, 0.5) is 0 Å². The van der Waals surface area contributed by atoms with Crippen LogP contribution in [0.3, 0.4) is 0 Å². The number of rotatable bonds is 8. The Morgan fingerprint density at radius 1 is 1.18 bits per heavy atom. The van der Waals surface area contributed by atoms with Gasteiger partial charge in [0, 0.05) is 56.5 Å². The molecule has 3 heterocycles. The Balaban J connectivity index is 1.09.